The number of carbonyl (C=O) groups is 2. The van der Waals surface area contributed by atoms with E-state index in [0.717, 1.165) is 73.2 Å². The van der Waals surface area contributed by atoms with E-state index in [1.165, 1.54) is 103 Å². The van der Waals surface area contributed by atoms with E-state index in [-0.39, 0.29) is 64.8 Å². The molecular formula is C60H107ClN9O8Pd-. The van der Waals surface area contributed by atoms with Crippen LogP contribution in [0.25, 0.3) is 11.6 Å². The van der Waals surface area contributed by atoms with Gasteiger partial charge < -0.3 is 53.0 Å². The van der Waals surface area contributed by atoms with Crippen molar-refractivity contribution >= 4 is 47.1 Å². The van der Waals surface area contributed by atoms with Gasteiger partial charge in [-0.1, -0.05) is 116 Å². The molecule has 19 heteroatoms. The number of amides is 2. The first-order valence-corrected chi connectivity index (χ1v) is 29.3. The molecule has 4 aliphatic rings. The maximum Gasteiger partial charge on any atom is 0.412 e. The largest absolute Gasteiger partial charge is 0.444 e. The Morgan fingerprint density at radius 1 is 0.734 bits per heavy atom. The van der Waals surface area contributed by atoms with E-state index < -0.39 is 22.7 Å². The molecule has 0 radical (unpaired) electrons. The van der Waals surface area contributed by atoms with Crippen molar-refractivity contribution in [3.05, 3.63) is 54.7 Å². The van der Waals surface area contributed by atoms with E-state index in [1.807, 2.05) is 81.4 Å². The van der Waals surface area contributed by atoms with Crippen molar-refractivity contribution < 1.29 is 58.8 Å². The summed E-state index contributed by atoms with van der Waals surface area (Å²) in [5.74, 6) is 1.18. The molecule has 458 valence electrons. The second kappa shape index (κ2) is 39.1. The number of nitrogens with zero attached hydrogens (tertiary/aromatic N) is 6. The van der Waals surface area contributed by atoms with Crippen molar-refractivity contribution in [2.45, 2.75) is 246 Å². The first-order valence-electron chi connectivity index (χ1n) is 28.6. The number of unbranched alkanes of at least 4 members (excludes halogenated alkanes) is 12. The predicted octanol–water partition coefficient (Wildman–Crippen LogP) is 12.9. The van der Waals surface area contributed by atoms with Gasteiger partial charge >= 0.3 is 12.2 Å². The molecule has 2 aromatic rings. The third-order valence-corrected chi connectivity index (χ3v) is 13.5. The van der Waals surface area contributed by atoms with Gasteiger partial charge in [-0.2, -0.15) is 0 Å². The molecule has 2 aromatic heterocycles. The Morgan fingerprint density at radius 2 is 1.20 bits per heavy atom. The number of fused-ring (bicyclic) bond motifs is 2. The Hall–Kier alpha value is -3.47. The summed E-state index contributed by atoms with van der Waals surface area (Å²) in [6, 6.07) is 0.301. The Labute approximate surface area is 496 Å². The maximum absolute atomic E-state index is 12.5. The van der Waals surface area contributed by atoms with Crippen LogP contribution in [0.3, 0.4) is 0 Å². The number of aliphatic hydroxyl groups is 1. The number of nitrogens with one attached hydrogen (secondary N) is 1. The van der Waals surface area contributed by atoms with Gasteiger partial charge in [0, 0.05) is 64.2 Å². The molecule has 2 fully saturated rings. The molecular weight excluding hydrogens is 1120 g/mol. The van der Waals surface area contributed by atoms with Crippen LogP contribution in [-0.2, 0) is 56.9 Å². The van der Waals surface area contributed by atoms with Gasteiger partial charge in [-0.3, -0.25) is 9.80 Å². The standard InChI is InChI=1S/C19H32N4O.C19H37NO3.C13H25NO4.C7H7N3.CH3Cl.CH3.Pd/c1-2-3-4-5-6-7-8-9-16(13-24)21-12-15-10-11-17-18(15)22-14-23-19(17)20;1-7-8-9-10-11-12-13-14-16-15-22-19(5,6)20(16)17(21)23-18(2,3)4;1-12(2,3)18-11(15)14-10(7-8-16-6)9-17-13(14,4)5;8-7-5-2-1-3-6(5)9-4-10-7;1-2;;/h10,14,16,21,24H,2-9,11-13H2,1H3,(H2,20,22,23);16H,7-15H2,1-6H3;10H,7-9H2,1-6H3;1,3-4H,2H2,(H2,8,9,10);1H3;1H3;/q;;;;;-1;/t2*16-;;;;;/m00...../s1. The Morgan fingerprint density at radius 3 is 1.68 bits per heavy atom. The van der Waals surface area contributed by atoms with Crippen molar-refractivity contribution in [3.63, 3.8) is 0 Å². The number of rotatable bonds is 23. The van der Waals surface area contributed by atoms with Gasteiger partial charge in [0.25, 0.3) is 0 Å². The number of allylic oxidation sites excluding steroid dienone is 2. The predicted molar refractivity (Wildman–Crippen MR) is 320 cm³/mol. The molecule has 1 unspecified atom stereocenters. The van der Waals surface area contributed by atoms with Gasteiger partial charge in [0.15, 0.2) is 0 Å². The van der Waals surface area contributed by atoms with Gasteiger partial charge in [-0.05, 0) is 113 Å². The van der Waals surface area contributed by atoms with Gasteiger partial charge in [0.2, 0.25) is 0 Å². The second-order valence-corrected chi connectivity index (χ2v) is 23.1. The molecule has 79 heavy (non-hydrogen) atoms. The Balaban J connectivity index is 0.00000104. The minimum Gasteiger partial charge on any atom is -0.444 e. The summed E-state index contributed by atoms with van der Waals surface area (Å²) >= 11 is 4.64. The van der Waals surface area contributed by atoms with Crippen molar-refractivity contribution in [1.29, 1.82) is 0 Å². The normalized spacial score (nSPS) is 17.5. The monoisotopic (exact) mass is 1220 g/mol. The summed E-state index contributed by atoms with van der Waals surface area (Å²) in [5, 5.41) is 13.0. The smallest absolute Gasteiger partial charge is 0.412 e. The van der Waals surface area contributed by atoms with E-state index in [1.54, 1.807) is 16.9 Å². The van der Waals surface area contributed by atoms with Crippen LogP contribution in [0.4, 0.5) is 21.2 Å². The van der Waals surface area contributed by atoms with Crippen LogP contribution in [0.5, 0.6) is 0 Å². The van der Waals surface area contributed by atoms with Crippen LogP contribution in [-0.4, -0.2) is 134 Å². The molecule has 2 amide bonds. The summed E-state index contributed by atoms with van der Waals surface area (Å²) in [6.45, 7) is 26.1. The molecule has 2 aliphatic heterocycles. The van der Waals surface area contributed by atoms with Gasteiger partial charge in [-0.15, -0.1) is 11.6 Å². The van der Waals surface area contributed by atoms with Crippen molar-refractivity contribution in [3.8, 4) is 0 Å². The van der Waals surface area contributed by atoms with Gasteiger partial charge in [0.1, 0.15) is 46.9 Å². The van der Waals surface area contributed by atoms with E-state index in [9.17, 15) is 14.7 Å². The zero-order valence-corrected chi connectivity index (χ0v) is 53.7. The molecule has 2 aliphatic carbocycles. The van der Waals surface area contributed by atoms with Crippen LogP contribution in [0.1, 0.15) is 215 Å². The first-order chi connectivity index (χ1) is 36.5. The average Bonchev–Trinajstić information content (AvgIpc) is 4.16. The number of ether oxygens (including phenoxy) is 5. The summed E-state index contributed by atoms with van der Waals surface area (Å²) < 4.78 is 27.6. The number of halogens is 1. The number of hydrogen-bond acceptors (Lipinski definition) is 15. The number of hydrogen-bond donors (Lipinski definition) is 4. The molecule has 0 bridgehead atoms. The molecule has 4 heterocycles. The number of carbonyl (C=O) groups excluding carboxylic acids is 2. The number of aromatic nitrogens is 4. The molecule has 0 saturated carbocycles. The van der Waals surface area contributed by atoms with Gasteiger partial charge in [0.05, 0.1) is 43.3 Å². The molecule has 2 saturated heterocycles. The number of nitrogen functional groups attached to an aromatic ring is 2. The summed E-state index contributed by atoms with van der Waals surface area (Å²) in [5.41, 5.74) is 14.5. The van der Waals surface area contributed by atoms with E-state index in [2.05, 4.69) is 56.8 Å². The minimum atomic E-state index is -0.624. The van der Waals surface area contributed by atoms with Gasteiger partial charge in [-0.25, -0.2) is 29.5 Å². The number of nitrogens with two attached hydrogens (primary N) is 2. The van der Waals surface area contributed by atoms with Crippen LogP contribution in [0.15, 0.2) is 24.8 Å². The maximum atomic E-state index is 12.5. The summed E-state index contributed by atoms with van der Waals surface area (Å²) in [4.78, 5) is 44.5. The average molecular weight is 1220 g/mol. The third-order valence-electron chi connectivity index (χ3n) is 13.5. The molecule has 17 nitrogen and oxygen atoms in total. The zero-order valence-electron chi connectivity index (χ0n) is 51.4. The third kappa shape index (κ3) is 27.9. The van der Waals surface area contributed by atoms with Crippen LogP contribution in [0, 0.1) is 7.43 Å². The van der Waals surface area contributed by atoms with E-state index >= 15 is 0 Å². The number of methoxy groups -OCH3 is 1. The number of alkyl halides is 1. The SMILES string of the molecule is CCCCCCCCC[C@@H](CO)NCC1=CCc2c(N)ncnc21.CCCCCCCCC[C@H]1COC(C)(C)N1C(=O)OC(C)(C)C.CCl.COCCC1COC(C)(C)N1C(=O)OC(C)(C)C.Nc1ncnc2c1CC=C2.[CH3-].[Pd]. The number of aliphatic hydroxyl groups excluding tert-OH is 1. The fourth-order valence-corrected chi connectivity index (χ4v) is 9.47. The quantitative estimate of drug-likeness (QED) is 0.0352. The molecule has 6 rings (SSSR count). The topological polar surface area (TPSA) is 223 Å². The van der Waals surface area contributed by atoms with Crippen molar-refractivity contribution in [1.82, 2.24) is 35.1 Å². The minimum absolute atomic E-state index is 0. The second-order valence-electron chi connectivity index (χ2n) is 23.1. The molecule has 6 N–H and O–H groups in total. The molecule has 3 atom stereocenters. The van der Waals surface area contributed by atoms with Crippen LogP contribution >= 0.6 is 11.6 Å². The van der Waals surface area contributed by atoms with Crippen LogP contribution in [0.2, 0.25) is 0 Å². The number of anilines is 2. The van der Waals surface area contributed by atoms with Crippen LogP contribution < -0.4 is 16.8 Å². The first kappa shape index (κ1) is 75.5. The summed E-state index contributed by atoms with van der Waals surface area (Å²) in [7, 11) is 1.65. The van der Waals surface area contributed by atoms with Crippen molar-refractivity contribution in [2.24, 2.45) is 0 Å². The Kier molecular flexibility index (Phi) is 37.4. The summed E-state index contributed by atoms with van der Waals surface area (Å²) in [6.07, 6.45) is 32.6. The molecule has 0 aromatic carbocycles. The molecule has 0 spiro atoms. The Bertz CT molecular complexity index is 2070. The van der Waals surface area contributed by atoms with Crippen molar-refractivity contribution in [2.75, 3.05) is 57.9 Å². The zero-order chi connectivity index (χ0) is 57.7. The fraction of sp³-hybridized carbons (Fsp3) is 0.750. The van der Waals surface area contributed by atoms with E-state index in [4.69, 9.17) is 35.2 Å². The fourth-order valence-electron chi connectivity index (χ4n) is 9.47. The van der Waals surface area contributed by atoms with E-state index in [0.29, 0.717) is 31.5 Å².